The number of ketones is 1. The fraction of sp³-hybridized carbons (Fsp3) is 0.296. The van der Waals surface area contributed by atoms with Crippen molar-refractivity contribution in [1.82, 2.24) is 4.98 Å². The summed E-state index contributed by atoms with van der Waals surface area (Å²) in [4.78, 5) is 29.6. The zero-order valence-corrected chi connectivity index (χ0v) is 18.4. The smallest absolute Gasteiger partial charge is 0.235 e. The molecule has 162 valence electrons. The molecule has 32 heavy (non-hydrogen) atoms. The monoisotopic (exact) mass is 426 g/mol. The molecule has 1 aliphatic carbocycles. The van der Waals surface area contributed by atoms with Crippen LogP contribution in [0, 0.1) is 6.92 Å². The Kier molecular flexibility index (Phi) is 5.14. The van der Waals surface area contributed by atoms with E-state index in [0.29, 0.717) is 17.9 Å². The van der Waals surface area contributed by atoms with Crippen molar-refractivity contribution in [2.24, 2.45) is 0 Å². The van der Waals surface area contributed by atoms with E-state index in [9.17, 15) is 9.59 Å². The predicted molar refractivity (Wildman–Crippen MR) is 124 cm³/mol. The summed E-state index contributed by atoms with van der Waals surface area (Å²) in [5.41, 5.74) is 7.13. The van der Waals surface area contributed by atoms with Crippen molar-refractivity contribution in [3.05, 3.63) is 82.7 Å². The van der Waals surface area contributed by atoms with Crippen LogP contribution in [0.1, 0.15) is 52.5 Å². The van der Waals surface area contributed by atoms with Crippen molar-refractivity contribution >= 4 is 17.4 Å². The van der Waals surface area contributed by atoms with E-state index in [4.69, 9.17) is 4.74 Å². The Morgan fingerprint density at radius 3 is 2.69 bits per heavy atom. The van der Waals surface area contributed by atoms with E-state index in [1.807, 2.05) is 37.3 Å². The van der Waals surface area contributed by atoms with Gasteiger partial charge in [0.25, 0.3) is 0 Å². The second-order valence-corrected chi connectivity index (χ2v) is 8.82. The Labute approximate surface area is 187 Å². The lowest BCUT2D eigenvalue weighted by molar-refractivity contribution is -0.118. The molecule has 1 amide bonds. The van der Waals surface area contributed by atoms with Crippen LogP contribution in [0.25, 0.3) is 11.1 Å². The highest BCUT2D eigenvalue weighted by atomic mass is 16.5. The van der Waals surface area contributed by atoms with Gasteiger partial charge in [-0.1, -0.05) is 36.4 Å². The molecule has 1 N–H and O–H groups in total. The number of rotatable bonds is 5. The zero-order chi connectivity index (χ0) is 22.3. The van der Waals surface area contributed by atoms with Gasteiger partial charge in [0.05, 0.1) is 30.5 Å². The molecule has 2 aromatic carbocycles. The van der Waals surface area contributed by atoms with Crippen molar-refractivity contribution < 1.29 is 14.3 Å². The van der Waals surface area contributed by atoms with Gasteiger partial charge in [0.2, 0.25) is 5.91 Å². The van der Waals surface area contributed by atoms with E-state index < -0.39 is 5.41 Å². The molecule has 5 rings (SSSR count). The third-order valence-electron chi connectivity index (χ3n) is 6.64. The second kappa shape index (κ2) is 7.99. The molecule has 0 saturated heterocycles. The highest BCUT2D eigenvalue weighted by molar-refractivity contribution is 6.02. The number of ether oxygens (including phenoxy) is 1. The number of anilines is 1. The van der Waals surface area contributed by atoms with E-state index in [-0.39, 0.29) is 11.7 Å². The molecule has 3 aromatic rings. The van der Waals surface area contributed by atoms with E-state index in [0.717, 1.165) is 48.3 Å². The van der Waals surface area contributed by atoms with Crippen molar-refractivity contribution in [3.8, 4) is 11.1 Å². The molecule has 5 nitrogen and oxygen atoms in total. The Morgan fingerprint density at radius 1 is 1.06 bits per heavy atom. The highest BCUT2D eigenvalue weighted by Gasteiger charge is 2.51. The number of pyridine rings is 1. The molecular weight excluding hydrogens is 400 g/mol. The first-order chi connectivity index (χ1) is 15.5. The van der Waals surface area contributed by atoms with Gasteiger partial charge >= 0.3 is 0 Å². The molecular formula is C27H26N2O3. The third kappa shape index (κ3) is 3.73. The maximum absolute atomic E-state index is 13.3. The zero-order valence-electron chi connectivity index (χ0n) is 18.4. The minimum atomic E-state index is -0.465. The quantitative estimate of drug-likeness (QED) is 0.583. The first kappa shape index (κ1) is 20.6. The van der Waals surface area contributed by atoms with Crippen molar-refractivity contribution in [2.45, 2.75) is 45.1 Å². The summed E-state index contributed by atoms with van der Waals surface area (Å²) in [5, 5.41) is 3.10. The minimum Gasteiger partial charge on any atom is -0.376 e. The molecule has 0 radical (unpaired) electrons. The van der Waals surface area contributed by atoms with E-state index in [1.165, 1.54) is 11.1 Å². The van der Waals surface area contributed by atoms with Crippen LogP contribution in [0.15, 0.2) is 54.7 Å². The van der Waals surface area contributed by atoms with E-state index >= 15 is 0 Å². The summed E-state index contributed by atoms with van der Waals surface area (Å²) >= 11 is 0. The van der Waals surface area contributed by atoms with Crippen LogP contribution in [-0.2, 0) is 28.0 Å². The maximum Gasteiger partial charge on any atom is 0.235 e. The lowest BCUT2D eigenvalue weighted by Gasteiger charge is -2.21. The average Bonchev–Trinajstić information content (AvgIpc) is 3.62. The fourth-order valence-electron chi connectivity index (χ4n) is 4.48. The first-order valence-electron chi connectivity index (χ1n) is 11.1. The third-order valence-corrected chi connectivity index (χ3v) is 6.64. The van der Waals surface area contributed by atoms with Gasteiger partial charge in [0.1, 0.15) is 0 Å². The SMILES string of the molecule is CC(=O)c1cccc(-c2cc(NC(=O)C3(c4ccc5c(c4)CCOC5)CC3)cnc2C)c1. The van der Waals surface area contributed by atoms with E-state index in [2.05, 4.69) is 28.5 Å². The first-order valence-corrected chi connectivity index (χ1v) is 11.1. The highest BCUT2D eigenvalue weighted by Crippen LogP contribution is 2.49. The van der Waals surface area contributed by atoms with Crippen LogP contribution >= 0.6 is 0 Å². The summed E-state index contributed by atoms with van der Waals surface area (Å²) in [5.74, 6) is 0.0350. The molecule has 0 unspecified atom stereocenters. The lowest BCUT2D eigenvalue weighted by atomic mass is 9.90. The van der Waals surface area contributed by atoms with Gasteiger partial charge < -0.3 is 10.1 Å². The van der Waals surface area contributed by atoms with Crippen LogP contribution in [0.2, 0.25) is 0 Å². The summed E-state index contributed by atoms with van der Waals surface area (Å²) in [6.45, 7) is 4.88. The Balaban J connectivity index is 1.41. The van der Waals surface area contributed by atoms with Crippen LogP contribution in [0.5, 0.6) is 0 Å². The average molecular weight is 427 g/mol. The normalized spacial score (nSPS) is 16.2. The van der Waals surface area contributed by atoms with Gasteiger partial charge in [-0.3, -0.25) is 14.6 Å². The number of aryl methyl sites for hydroxylation is 1. The molecule has 1 aliphatic heterocycles. The molecule has 5 heteroatoms. The molecule has 0 bridgehead atoms. The molecule has 1 aromatic heterocycles. The number of hydrogen-bond acceptors (Lipinski definition) is 4. The topological polar surface area (TPSA) is 68.3 Å². The van der Waals surface area contributed by atoms with Gasteiger partial charge in [-0.05, 0) is 67.5 Å². The summed E-state index contributed by atoms with van der Waals surface area (Å²) in [7, 11) is 0. The Hall–Kier alpha value is -3.31. The lowest BCUT2D eigenvalue weighted by Crippen LogP contribution is -2.28. The molecule has 2 aliphatic rings. The second-order valence-electron chi connectivity index (χ2n) is 8.82. The Morgan fingerprint density at radius 2 is 1.91 bits per heavy atom. The molecule has 1 fully saturated rings. The number of fused-ring (bicyclic) bond motifs is 1. The number of aromatic nitrogens is 1. The number of amides is 1. The number of carbonyl (C=O) groups is 2. The predicted octanol–water partition coefficient (Wildman–Crippen LogP) is 5.00. The number of carbonyl (C=O) groups excluding carboxylic acids is 2. The number of benzene rings is 2. The maximum atomic E-state index is 13.3. The van der Waals surface area contributed by atoms with Crippen LogP contribution in [-0.4, -0.2) is 23.3 Å². The van der Waals surface area contributed by atoms with Crippen LogP contribution in [0.4, 0.5) is 5.69 Å². The van der Waals surface area contributed by atoms with Crippen LogP contribution < -0.4 is 5.32 Å². The van der Waals surface area contributed by atoms with Crippen molar-refractivity contribution in [2.75, 3.05) is 11.9 Å². The number of Topliss-reactive ketones (excluding diaryl/α,β-unsaturated/α-hetero) is 1. The number of hydrogen-bond donors (Lipinski definition) is 1. The summed E-state index contributed by atoms with van der Waals surface area (Å²) in [6.07, 6.45) is 4.29. The number of nitrogens with one attached hydrogen (secondary N) is 1. The largest absolute Gasteiger partial charge is 0.376 e. The van der Waals surface area contributed by atoms with Crippen LogP contribution in [0.3, 0.4) is 0 Å². The Bertz CT molecular complexity index is 1230. The fourth-order valence-corrected chi connectivity index (χ4v) is 4.48. The van der Waals surface area contributed by atoms with Gasteiger partial charge in [0, 0.05) is 16.8 Å². The van der Waals surface area contributed by atoms with Gasteiger partial charge in [-0.25, -0.2) is 0 Å². The molecule has 2 heterocycles. The molecule has 0 atom stereocenters. The molecule has 1 saturated carbocycles. The van der Waals surface area contributed by atoms with Crippen molar-refractivity contribution in [1.29, 1.82) is 0 Å². The van der Waals surface area contributed by atoms with Crippen molar-refractivity contribution in [3.63, 3.8) is 0 Å². The number of nitrogens with zero attached hydrogens (tertiary/aromatic N) is 1. The molecule has 0 spiro atoms. The van der Waals surface area contributed by atoms with Gasteiger partial charge in [-0.2, -0.15) is 0 Å². The summed E-state index contributed by atoms with van der Waals surface area (Å²) in [6, 6.07) is 15.8. The standard InChI is InChI=1S/C27H26N2O3/c1-17-25(21-5-3-4-19(12-21)18(2)30)14-24(15-28-17)29-26(31)27(9-10-27)23-7-6-22-16-32-11-8-20(22)13-23/h3-7,12-15H,8-11,16H2,1-2H3,(H,29,31). The van der Waals surface area contributed by atoms with Gasteiger partial charge in [0.15, 0.2) is 5.78 Å². The summed E-state index contributed by atoms with van der Waals surface area (Å²) < 4.78 is 5.54. The van der Waals surface area contributed by atoms with Gasteiger partial charge in [-0.15, -0.1) is 0 Å². The minimum absolute atomic E-state index is 0.0126. The van der Waals surface area contributed by atoms with E-state index in [1.54, 1.807) is 13.1 Å².